The summed E-state index contributed by atoms with van der Waals surface area (Å²) in [5.41, 5.74) is 3.15. The summed E-state index contributed by atoms with van der Waals surface area (Å²) in [7, 11) is 0. The summed E-state index contributed by atoms with van der Waals surface area (Å²) in [6.07, 6.45) is 2.29. The third kappa shape index (κ3) is 4.68. The molecular formula is C22H23N3O3Se. The summed E-state index contributed by atoms with van der Waals surface area (Å²) in [6, 6.07) is 11.9. The van der Waals surface area contributed by atoms with E-state index in [1.54, 1.807) is 0 Å². The average Bonchev–Trinajstić information content (AvgIpc) is 3.24. The molecule has 7 heteroatoms. The van der Waals surface area contributed by atoms with E-state index in [0.717, 1.165) is 36.1 Å². The topological polar surface area (TPSA) is 91.2 Å². The monoisotopic (exact) mass is 457 g/mol. The molecule has 2 aliphatic rings. The van der Waals surface area contributed by atoms with Crippen LogP contribution in [0, 0.1) is 11.3 Å². The standard InChI is InChI=1S/C22H23N3O3Se/c23-12-16(25-22(27)20-13-24-8-1-9-28-20)11-17-4-7-21(29-17)15-2-5-18-14(10-15)3-6-19(18)26/h2,4-5,7,10,16,20,24H,1,3,6,8-9,11,13H2,(H,25,27)/t16-,20-/m0/s1. The third-order valence-electron chi connectivity index (χ3n) is 5.29. The molecule has 0 spiro atoms. The van der Waals surface area contributed by atoms with Gasteiger partial charge in [-0.15, -0.1) is 0 Å². The van der Waals surface area contributed by atoms with E-state index < -0.39 is 12.1 Å². The second-order valence-electron chi connectivity index (χ2n) is 7.37. The van der Waals surface area contributed by atoms with Gasteiger partial charge in [-0.3, -0.25) is 0 Å². The molecule has 2 atom stereocenters. The van der Waals surface area contributed by atoms with Crippen LogP contribution in [-0.4, -0.2) is 58.0 Å². The molecule has 2 heterocycles. The fraction of sp³-hybridized carbons (Fsp3) is 0.409. The van der Waals surface area contributed by atoms with Crippen LogP contribution >= 0.6 is 0 Å². The molecule has 0 unspecified atom stereocenters. The molecule has 1 fully saturated rings. The number of carbonyl (C=O) groups excluding carboxylic acids is 2. The number of nitriles is 1. The summed E-state index contributed by atoms with van der Waals surface area (Å²) >= 11 is 0.108. The molecule has 29 heavy (non-hydrogen) atoms. The Morgan fingerprint density at radius 2 is 2.24 bits per heavy atom. The van der Waals surface area contributed by atoms with E-state index in [1.807, 2.05) is 12.1 Å². The Morgan fingerprint density at radius 1 is 1.34 bits per heavy atom. The van der Waals surface area contributed by atoms with Gasteiger partial charge in [0, 0.05) is 0 Å². The molecule has 6 nitrogen and oxygen atoms in total. The van der Waals surface area contributed by atoms with Gasteiger partial charge >= 0.3 is 176 Å². The predicted molar refractivity (Wildman–Crippen MR) is 110 cm³/mol. The van der Waals surface area contributed by atoms with Crippen molar-refractivity contribution in [3.8, 4) is 16.1 Å². The summed E-state index contributed by atoms with van der Waals surface area (Å²) in [5.74, 6) is 0.00486. The molecule has 1 amide bonds. The number of fused-ring (bicyclic) bond motifs is 1. The van der Waals surface area contributed by atoms with Crippen molar-refractivity contribution in [2.24, 2.45) is 0 Å². The molecule has 0 radical (unpaired) electrons. The summed E-state index contributed by atoms with van der Waals surface area (Å²) in [6.45, 7) is 1.87. The number of Topliss-reactive ketones (excluding diaryl/α,β-unsaturated/α-hetero) is 1. The number of carbonyl (C=O) groups is 2. The van der Waals surface area contributed by atoms with E-state index in [-0.39, 0.29) is 26.2 Å². The number of hydrogen-bond donors (Lipinski definition) is 2. The van der Waals surface area contributed by atoms with E-state index in [1.165, 1.54) is 8.87 Å². The van der Waals surface area contributed by atoms with Gasteiger partial charge in [0.15, 0.2) is 0 Å². The number of ketones is 1. The number of aryl methyl sites for hydroxylation is 1. The Bertz CT molecular complexity index is 954. The van der Waals surface area contributed by atoms with Crippen molar-refractivity contribution in [1.29, 1.82) is 5.26 Å². The van der Waals surface area contributed by atoms with E-state index in [2.05, 4.69) is 34.9 Å². The molecule has 4 rings (SSSR count). The van der Waals surface area contributed by atoms with Crippen LogP contribution in [0.4, 0.5) is 0 Å². The van der Waals surface area contributed by atoms with Crippen molar-refractivity contribution < 1.29 is 14.3 Å². The number of rotatable bonds is 5. The van der Waals surface area contributed by atoms with Crippen LogP contribution in [0.3, 0.4) is 0 Å². The maximum absolute atomic E-state index is 12.4. The number of nitrogens with zero attached hydrogens (tertiary/aromatic N) is 1. The van der Waals surface area contributed by atoms with Crippen LogP contribution in [-0.2, 0) is 22.4 Å². The Balaban J connectivity index is 1.40. The minimum absolute atomic E-state index is 0.108. The summed E-state index contributed by atoms with van der Waals surface area (Å²) in [5, 5.41) is 15.5. The van der Waals surface area contributed by atoms with E-state index >= 15 is 0 Å². The molecule has 1 aliphatic carbocycles. The molecule has 1 saturated heterocycles. The molecule has 0 saturated carbocycles. The summed E-state index contributed by atoms with van der Waals surface area (Å²) < 4.78 is 7.99. The van der Waals surface area contributed by atoms with Gasteiger partial charge in [0.1, 0.15) is 0 Å². The number of hydrogen-bond acceptors (Lipinski definition) is 5. The van der Waals surface area contributed by atoms with Crippen LogP contribution in [0.2, 0.25) is 0 Å². The average molecular weight is 456 g/mol. The van der Waals surface area contributed by atoms with Gasteiger partial charge in [-0.05, 0) is 0 Å². The maximum atomic E-state index is 12.4. The van der Waals surface area contributed by atoms with Crippen LogP contribution < -0.4 is 10.6 Å². The number of ether oxygens (including phenoxy) is 1. The quantitative estimate of drug-likeness (QED) is 0.665. The second-order valence-corrected chi connectivity index (χ2v) is 9.82. The summed E-state index contributed by atoms with van der Waals surface area (Å²) in [4.78, 5) is 24.3. The van der Waals surface area contributed by atoms with Crippen molar-refractivity contribution in [2.75, 3.05) is 19.7 Å². The van der Waals surface area contributed by atoms with Gasteiger partial charge in [0.05, 0.1) is 0 Å². The van der Waals surface area contributed by atoms with Crippen LogP contribution in [0.1, 0.15) is 33.2 Å². The Hall–Kier alpha value is -2.23. The molecule has 0 bridgehead atoms. The first kappa shape index (κ1) is 20.1. The van der Waals surface area contributed by atoms with Gasteiger partial charge in [-0.1, -0.05) is 0 Å². The van der Waals surface area contributed by atoms with Crippen molar-refractivity contribution in [2.45, 2.75) is 37.8 Å². The SMILES string of the molecule is N#C[C@H](Cc1ccc(-c2ccc3c(c2)CCC3=O)[se]1)NC(=O)[C@@H]1CNCCCO1. The van der Waals surface area contributed by atoms with Gasteiger partial charge in [0.25, 0.3) is 0 Å². The first-order valence-electron chi connectivity index (χ1n) is 9.91. The van der Waals surface area contributed by atoms with Gasteiger partial charge in [-0.2, -0.15) is 0 Å². The number of benzene rings is 1. The van der Waals surface area contributed by atoms with Gasteiger partial charge < -0.3 is 0 Å². The molecule has 150 valence electrons. The van der Waals surface area contributed by atoms with Crippen LogP contribution in [0.15, 0.2) is 30.3 Å². The fourth-order valence-electron chi connectivity index (χ4n) is 3.73. The molecule has 1 aromatic carbocycles. The third-order valence-corrected chi connectivity index (χ3v) is 7.72. The number of amides is 1. The molecule has 1 aromatic heterocycles. The van der Waals surface area contributed by atoms with E-state index in [0.29, 0.717) is 26.0 Å². The number of nitrogens with one attached hydrogen (secondary N) is 2. The minimum atomic E-state index is -0.562. The van der Waals surface area contributed by atoms with E-state index in [9.17, 15) is 14.9 Å². The molecule has 2 aromatic rings. The zero-order valence-electron chi connectivity index (χ0n) is 16.1. The Morgan fingerprint density at radius 3 is 3.10 bits per heavy atom. The Labute approximate surface area is 176 Å². The normalized spacial score (nSPS) is 19.8. The molecule has 1 aliphatic heterocycles. The zero-order chi connectivity index (χ0) is 20.2. The molecule has 2 N–H and O–H groups in total. The van der Waals surface area contributed by atoms with Gasteiger partial charge in [0.2, 0.25) is 0 Å². The molecular weight excluding hydrogens is 433 g/mol. The fourth-order valence-corrected chi connectivity index (χ4v) is 5.93. The van der Waals surface area contributed by atoms with Crippen LogP contribution in [0.5, 0.6) is 0 Å². The first-order chi connectivity index (χ1) is 14.1. The van der Waals surface area contributed by atoms with Crippen molar-refractivity contribution in [3.05, 3.63) is 45.9 Å². The van der Waals surface area contributed by atoms with E-state index in [4.69, 9.17) is 4.74 Å². The van der Waals surface area contributed by atoms with Crippen molar-refractivity contribution in [3.63, 3.8) is 0 Å². The second kappa shape index (κ2) is 9.06. The van der Waals surface area contributed by atoms with Crippen molar-refractivity contribution in [1.82, 2.24) is 10.6 Å². The van der Waals surface area contributed by atoms with Crippen molar-refractivity contribution >= 4 is 26.2 Å². The zero-order valence-corrected chi connectivity index (χ0v) is 17.8. The predicted octanol–water partition coefficient (Wildman–Crippen LogP) is 1.47. The van der Waals surface area contributed by atoms with Crippen LogP contribution in [0.25, 0.3) is 10.0 Å². The first-order valence-corrected chi connectivity index (χ1v) is 11.6. The Kier molecular flexibility index (Phi) is 6.27. The van der Waals surface area contributed by atoms with Gasteiger partial charge in [-0.25, -0.2) is 0 Å².